The monoisotopic (exact) mass is 1390 g/mol. The molecule has 522 valence electrons. The Labute approximate surface area is 636 Å². The molecule has 0 heteroatoms. The summed E-state index contributed by atoms with van der Waals surface area (Å²) in [5, 5.41) is 25.9. The van der Waals surface area contributed by atoms with E-state index in [1.807, 2.05) is 0 Å². The van der Waals surface area contributed by atoms with Gasteiger partial charge in [-0.3, -0.25) is 0 Å². The van der Waals surface area contributed by atoms with Crippen molar-refractivity contribution in [2.24, 2.45) is 0 Å². The standard InChI is InChI=1S/C38H30.C35H24.C35H36/c1-38(2,3)27-22-23-34-35(24-27)37(31-21-11-15-26-13-5-7-17-29(26)31)33-19-9-8-18-32(33)36(34)30-20-10-14-25-12-4-6-16-28(25)30;1-23-14-19-32-33(20-23)35(29-18-16-25-9-3-5-11-27(25)22-29)31-13-7-6-12-30(31)34(32)28-17-15-24-8-2-4-10-26(24)21-28;1-23-12-21-30-31(22-23)33(25-15-19-27(20-16-25)35(5,6)7)29-11-9-8-10-28(29)32(30)24-13-17-26(18-14-24)34(2,3)4/h4-24H,1-3H3;2-22H,1H3;8-22H,1-7H3. The van der Waals surface area contributed by atoms with Gasteiger partial charge >= 0.3 is 0 Å². The highest BCUT2D eigenvalue weighted by Gasteiger charge is 2.25. The molecule has 0 aliphatic carbocycles. The number of aryl methyl sites for hydroxylation is 2. The zero-order valence-corrected chi connectivity index (χ0v) is 63.9. The van der Waals surface area contributed by atoms with E-state index >= 15 is 0 Å². The second-order valence-corrected chi connectivity index (χ2v) is 32.8. The molecule has 0 unspecified atom stereocenters. The molecule has 0 fully saturated rings. The average molecular weight is 1390 g/mol. The topological polar surface area (TPSA) is 0 Å². The van der Waals surface area contributed by atoms with Gasteiger partial charge in [0.1, 0.15) is 0 Å². The molecular formula is C108H90. The highest BCUT2D eigenvalue weighted by atomic mass is 14.3. The first kappa shape index (κ1) is 68.9. The zero-order chi connectivity index (χ0) is 74.2. The number of rotatable bonds is 6. The first-order valence-electron chi connectivity index (χ1n) is 38.4. The molecule has 0 amide bonds. The lowest BCUT2D eigenvalue weighted by Gasteiger charge is -2.23. The van der Waals surface area contributed by atoms with Gasteiger partial charge in [-0.1, -0.05) is 401 Å². The predicted molar refractivity (Wildman–Crippen MR) is 473 cm³/mol. The van der Waals surface area contributed by atoms with E-state index in [-0.39, 0.29) is 16.2 Å². The van der Waals surface area contributed by atoms with Crippen LogP contribution >= 0.6 is 0 Å². The molecule has 108 heavy (non-hydrogen) atoms. The Kier molecular flexibility index (Phi) is 17.6. The van der Waals surface area contributed by atoms with Crippen molar-refractivity contribution in [1.29, 1.82) is 0 Å². The van der Waals surface area contributed by atoms with Crippen LogP contribution in [0.1, 0.15) is 90.1 Å². The van der Waals surface area contributed by atoms with Crippen molar-refractivity contribution >= 4 is 108 Å². The molecule has 19 aromatic rings. The van der Waals surface area contributed by atoms with Crippen molar-refractivity contribution in [3.63, 3.8) is 0 Å². The maximum Gasteiger partial charge on any atom is -0.00200 e. The van der Waals surface area contributed by atoms with E-state index in [1.165, 1.54) is 202 Å². The third kappa shape index (κ3) is 12.7. The summed E-state index contributed by atoms with van der Waals surface area (Å²) in [6, 6.07) is 128. The Balaban J connectivity index is 0.000000119. The van der Waals surface area contributed by atoms with Gasteiger partial charge in [-0.05, 0) is 239 Å². The summed E-state index contributed by atoms with van der Waals surface area (Å²) in [6.07, 6.45) is 0. The summed E-state index contributed by atoms with van der Waals surface area (Å²) < 4.78 is 0. The Bertz CT molecular complexity index is 6710. The van der Waals surface area contributed by atoms with Gasteiger partial charge in [0.2, 0.25) is 0 Å². The molecular weight excluding hydrogens is 1300 g/mol. The molecule has 0 nitrogen and oxygen atoms in total. The van der Waals surface area contributed by atoms with Gasteiger partial charge < -0.3 is 0 Å². The van der Waals surface area contributed by atoms with E-state index in [0.29, 0.717) is 0 Å². The fourth-order valence-corrected chi connectivity index (χ4v) is 16.9. The normalized spacial score (nSPS) is 12.0. The van der Waals surface area contributed by atoms with Gasteiger partial charge in [0.15, 0.2) is 0 Å². The molecule has 19 aromatic carbocycles. The zero-order valence-electron chi connectivity index (χ0n) is 63.9. The molecule has 0 atom stereocenters. The number of hydrogen-bond donors (Lipinski definition) is 0. The summed E-state index contributed by atoms with van der Waals surface area (Å²) in [6.45, 7) is 24.9. The lowest BCUT2D eigenvalue weighted by Crippen LogP contribution is -2.10. The molecule has 0 spiro atoms. The molecule has 0 N–H and O–H groups in total. The van der Waals surface area contributed by atoms with E-state index < -0.39 is 0 Å². The van der Waals surface area contributed by atoms with Crippen LogP contribution in [0.3, 0.4) is 0 Å². The van der Waals surface area contributed by atoms with Crippen molar-refractivity contribution in [1.82, 2.24) is 0 Å². The van der Waals surface area contributed by atoms with Crippen LogP contribution in [0.2, 0.25) is 0 Å². The lowest BCUT2D eigenvalue weighted by molar-refractivity contribution is 0.590. The van der Waals surface area contributed by atoms with Gasteiger partial charge in [0.05, 0.1) is 0 Å². The van der Waals surface area contributed by atoms with Crippen LogP contribution in [0.4, 0.5) is 0 Å². The predicted octanol–water partition coefficient (Wildman–Crippen LogP) is 31.1. The third-order valence-electron chi connectivity index (χ3n) is 22.5. The molecule has 0 bridgehead atoms. The molecule has 0 heterocycles. The van der Waals surface area contributed by atoms with E-state index in [2.05, 4.69) is 422 Å². The van der Waals surface area contributed by atoms with Crippen LogP contribution < -0.4 is 0 Å². The molecule has 0 aliphatic heterocycles. The van der Waals surface area contributed by atoms with Crippen molar-refractivity contribution in [2.45, 2.75) is 92.4 Å². The van der Waals surface area contributed by atoms with E-state index in [1.54, 1.807) is 0 Å². The minimum Gasteiger partial charge on any atom is -0.0616 e. The van der Waals surface area contributed by atoms with Gasteiger partial charge in [-0.15, -0.1) is 0 Å². The fraction of sp³-hybridized carbons (Fsp3) is 0.130. The molecule has 0 radical (unpaired) electrons. The van der Waals surface area contributed by atoms with Crippen molar-refractivity contribution in [3.05, 3.63) is 374 Å². The molecule has 19 rings (SSSR count). The minimum atomic E-state index is 0.0511. The average Bonchev–Trinajstić information content (AvgIpc) is 0.741. The summed E-state index contributed by atoms with van der Waals surface area (Å²) in [7, 11) is 0. The first-order valence-corrected chi connectivity index (χ1v) is 38.4. The summed E-state index contributed by atoms with van der Waals surface area (Å²) >= 11 is 0. The number of fused-ring (bicyclic) bond motifs is 10. The quantitative estimate of drug-likeness (QED) is 0.146. The smallest absolute Gasteiger partial charge is 0.00200 e. The van der Waals surface area contributed by atoms with Crippen molar-refractivity contribution < 1.29 is 0 Å². The van der Waals surface area contributed by atoms with E-state index in [4.69, 9.17) is 0 Å². The fourth-order valence-electron chi connectivity index (χ4n) is 16.9. The second kappa shape index (κ2) is 27.6. The highest BCUT2D eigenvalue weighted by molar-refractivity contribution is 6.27. The van der Waals surface area contributed by atoms with Crippen molar-refractivity contribution in [3.8, 4) is 66.8 Å². The van der Waals surface area contributed by atoms with Crippen molar-refractivity contribution in [2.75, 3.05) is 0 Å². The maximum atomic E-state index is 2.45. The Hall–Kier alpha value is -12.2. The highest BCUT2D eigenvalue weighted by Crippen LogP contribution is 2.50. The minimum absolute atomic E-state index is 0.0511. The van der Waals surface area contributed by atoms with Crippen LogP contribution in [0.15, 0.2) is 346 Å². The van der Waals surface area contributed by atoms with Crippen LogP contribution in [-0.2, 0) is 16.2 Å². The van der Waals surface area contributed by atoms with Crippen LogP contribution in [0, 0.1) is 13.8 Å². The molecule has 0 aromatic heterocycles. The number of benzene rings is 19. The second-order valence-electron chi connectivity index (χ2n) is 32.8. The van der Waals surface area contributed by atoms with E-state index in [9.17, 15) is 0 Å². The van der Waals surface area contributed by atoms with Gasteiger partial charge in [0.25, 0.3) is 0 Å². The lowest BCUT2D eigenvalue weighted by atomic mass is 9.80. The van der Waals surface area contributed by atoms with Gasteiger partial charge in [-0.2, -0.15) is 0 Å². The first-order chi connectivity index (χ1) is 52.3. The van der Waals surface area contributed by atoms with Crippen LogP contribution in [0.5, 0.6) is 0 Å². The van der Waals surface area contributed by atoms with Gasteiger partial charge in [0, 0.05) is 0 Å². The van der Waals surface area contributed by atoms with Gasteiger partial charge in [-0.25, -0.2) is 0 Å². The van der Waals surface area contributed by atoms with E-state index in [0.717, 1.165) is 0 Å². The third-order valence-corrected chi connectivity index (χ3v) is 22.5. The maximum absolute atomic E-state index is 2.45. The molecule has 0 saturated carbocycles. The number of hydrogen-bond acceptors (Lipinski definition) is 0. The largest absolute Gasteiger partial charge is 0.0616 e. The molecule has 0 aliphatic rings. The Morgan fingerprint density at radius 2 is 0.417 bits per heavy atom. The van der Waals surface area contributed by atoms with Crippen LogP contribution in [-0.4, -0.2) is 0 Å². The summed E-state index contributed by atoms with van der Waals surface area (Å²) in [5.74, 6) is 0. The summed E-state index contributed by atoms with van der Waals surface area (Å²) in [5.41, 5.74) is 22.6. The Morgan fingerprint density at radius 1 is 0.157 bits per heavy atom. The summed E-state index contributed by atoms with van der Waals surface area (Å²) in [4.78, 5) is 0. The Morgan fingerprint density at radius 3 is 0.815 bits per heavy atom. The molecule has 0 saturated heterocycles. The SMILES string of the molecule is CC(C)(C)c1ccc2c(-c3cccc4ccccc34)c3ccccc3c(-c3cccc4ccccc34)c2c1.Cc1ccc2c(-c3ccc(C(C)(C)C)cc3)c3ccccc3c(-c3ccc(C(C)(C)C)cc3)c2c1.Cc1ccc2c(-c3ccc4ccccc4c3)c3ccccc3c(-c3ccc4ccccc4c3)c2c1. The van der Waals surface area contributed by atoms with Crippen LogP contribution in [0.25, 0.3) is 174 Å².